The van der Waals surface area contributed by atoms with Gasteiger partial charge in [0, 0.05) is 12.6 Å². The topological polar surface area (TPSA) is 79.2 Å². The summed E-state index contributed by atoms with van der Waals surface area (Å²) in [5.74, 6) is -0.266. The van der Waals surface area contributed by atoms with Crippen molar-refractivity contribution < 1.29 is 4.79 Å². The number of rotatable bonds is 5. The minimum absolute atomic E-state index is 0.221. The van der Waals surface area contributed by atoms with E-state index < -0.39 is 0 Å². The molecule has 3 N–H and O–H groups in total. The van der Waals surface area contributed by atoms with E-state index in [4.69, 9.17) is 18.0 Å². The number of thiocarbonyl (C=S) groups is 1. The SMILES string of the molecule is CCCN(CC(N)=S)C(=O)c1cccc(=O)[nH]1. The number of nitrogens with zero attached hydrogens (tertiary/aromatic N) is 1. The molecule has 6 heteroatoms. The average Bonchev–Trinajstić information content (AvgIpc) is 2.27. The molecule has 1 aromatic rings. The first-order valence-corrected chi connectivity index (χ1v) is 5.72. The van der Waals surface area contributed by atoms with Crippen LogP contribution in [0.25, 0.3) is 0 Å². The number of aromatic nitrogens is 1. The van der Waals surface area contributed by atoms with Crippen molar-refractivity contribution in [3.05, 3.63) is 34.2 Å². The monoisotopic (exact) mass is 253 g/mol. The minimum atomic E-state index is -0.303. The summed E-state index contributed by atoms with van der Waals surface area (Å²) in [6.07, 6.45) is 0.797. The number of carbonyl (C=O) groups excluding carboxylic acids is 1. The standard InChI is InChI=1S/C11H15N3O2S/c1-2-6-14(7-9(12)17)11(16)8-4-3-5-10(15)13-8/h3-5H,2,6-7H2,1H3,(H2,12,17)(H,13,15). The van der Waals surface area contributed by atoms with Crippen LogP contribution in [0.1, 0.15) is 23.8 Å². The zero-order valence-corrected chi connectivity index (χ0v) is 10.4. The lowest BCUT2D eigenvalue weighted by atomic mass is 10.3. The molecular formula is C11H15N3O2S. The number of carbonyl (C=O) groups is 1. The van der Waals surface area contributed by atoms with Crippen LogP contribution in [0.15, 0.2) is 23.0 Å². The highest BCUT2D eigenvalue weighted by Crippen LogP contribution is 2.01. The fourth-order valence-corrected chi connectivity index (χ4v) is 1.61. The number of H-pyrrole nitrogens is 1. The fourth-order valence-electron chi connectivity index (χ4n) is 1.45. The molecule has 0 unspecified atom stereocenters. The van der Waals surface area contributed by atoms with Gasteiger partial charge in [-0.1, -0.05) is 25.2 Å². The number of pyridine rings is 1. The quantitative estimate of drug-likeness (QED) is 0.750. The van der Waals surface area contributed by atoms with Gasteiger partial charge in [-0.3, -0.25) is 9.59 Å². The zero-order chi connectivity index (χ0) is 12.8. The fraction of sp³-hybridized carbons (Fsp3) is 0.364. The Balaban J connectivity index is 2.91. The number of nitrogens with one attached hydrogen (secondary N) is 1. The maximum Gasteiger partial charge on any atom is 0.270 e. The number of hydrogen-bond donors (Lipinski definition) is 2. The summed E-state index contributed by atoms with van der Waals surface area (Å²) < 4.78 is 0. The first kappa shape index (κ1) is 13.4. The Bertz CT molecular complexity index is 470. The Hall–Kier alpha value is -1.69. The maximum atomic E-state index is 12.1. The van der Waals surface area contributed by atoms with Crippen LogP contribution < -0.4 is 11.3 Å². The van der Waals surface area contributed by atoms with Gasteiger partial charge in [-0.25, -0.2) is 0 Å². The number of hydrogen-bond acceptors (Lipinski definition) is 3. The molecule has 1 rings (SSSR count). The second kappa shape index (κ2) is 6.15. The van der Waals surface area contributed by atoms with Crippen LogP contribution in [-0.4, -0.2) is 33.9 Å². The van der Waals surface area contributed by atoms with Gasteiger partial charge >= 0.3 is 0 Å². The summed E-state index contributed by atoms with van der Waals surface area (Å²) in [5.41, 5.74) is 5.38. The summed E-state index contributed by atoms with van der Waals surface area (Å²) in [6.45, 7) is 2.72. The Labute approximate surface area is 105 Å². The van der Waals surface area contributed by atoms with E-state index in [9.17, 15) is 9.59 Å². The van der Waals surface area contributed by atoms with Gasteiger partial charge in [-0.2, -0.15) is 0 Å². The first-order valence-electron chi connectivity index (χ1n) is 5.31. The van der Waals surface area contributed by atoms with E-state index in [1.54, 1.807) is 6.07 Å². The molecule has 5 nitrogen and oxygen atoms in total. The molecule has 0 aliphatic carbocycles. The van der Waals surface area contributed by atoms with Crippen LogP contribution in [0.4, 0.5) is 0 Å². The number of amides is 1. The smallest absolute Gasteiger partial charge is 0.270 e. The van der Waals surface area contributed by atoms with Gasteiger partial charge in [0.25, 0.3) is 5.91 Å². The molecule has 0 aliphatic rings. The van der Waals surface area contributed by atoms with Crippen molar-refractivity contribution in [3.8, 4) is 0 Å². The summed E-state index contributed by atoms with van der Waals surface area (Å²) in [4.78, 5) is 27.4. The van der Waals surface area contributed by atoms with E-state index in [-0.39, 0.29) is 28.7 Å². The summed E-state index contributed by atoms with van der Waals surface area (Å²) >= 11 is 4.79. The second-order valence-corrected chi connectivity index (χ2v) is 4.15. The van der Waals surface area contributed by atoms with Gasteiger partial charge < -0.3 is 15.6 Å². The summed E-state index contributed by atoms with van der Waals surface area (Å²) in [7, 11) is 0. The largest absolute Gasteiger partial charge is 0.392 e. The normalized spacial score (nSPS) is 9.94. The number of nitrogens with two attached hydrogens (primary N) is 1. The van der Waals surface area contributed by atoms with Crippen LogP contribution in [-0.2, 0) is 0 Å². The third-order valence-electron chi connectivity index (χ3n) is 2.13. The van der Waals surface area contributed by atoms with Crippen molar-refractivity contribution >= 4 is 23.1 Å². The molecule has 17 heavy (non-hydrogen) atoms. The third kappa shape index (κ3) is 3.99. The van der Waals surface area contributed by atoms with Gasteiger partial charge in [-0.05, 0) is 12.5 Å². The van der Waals surface area contributed by atoms with Gasteiger partial charge in [0.1, 0.15) is 5.69 Å². The van der Waals surface area contributed by atoms with Gasteiger partial charge in [0.2, 0.25) is 5.56 Å². The van der Waals surface area contributed by atoms with Crippen LogP contribution in [0.3, 0.4) is 0 Å². The lowest BCUT2D eigenvalue weighted by Gasteiger charge is -2.21. The van der Waals surface area contributed by atoms with Gasteiger partial charge in [0.05, 0.1) is 11.5 Å². The minimum Gasteiger partial charge on any atom is -0.392 e. The van der Waals surface area contributed by atoms with Crippen LogP contribution in [0.5, 0.6) is 0 Å². The average molecular weight is 253 g/mol. The van der Waals surface area contributed by atoms with Crippen molar-refractivity contribution in [1.82, 2.24) is 9.88 Å². The molecule has 1 amide bonds. The molecule has 0 saturated heterocycles. The molecule has 0 spiro atoms. The molecule has 0 bridgehead atoms. The van der Waals surface area contributed by atoms with Crippen LogP contribution in [0, 0.1) is 0 Å². The third-order valence-corrected chi connectivity index (χ3v) is 2.26. The Morgan fingerprint density at radius 1 is 1.53 bits per heavy atom. The Morgan fingerprint density at radius 2 is 2.24 bits per heavy atom. The highest BCUT2D eigenvalue weighted by atomic mass is 32.1. The first-order chi connectivity index (χ1) is 8.04. The van der Waals surface area contributed by atoms with E-state index in [2.05, 4.69) is 4.98 Å². The van der Waals surface area contributed by atoms with Crippen LogP contribution in [0.2, 0.25) is 0 Å². The molecule has 0 radical (unpaired) electrons. The van der Waals surface area contributed by atoms with Crippen molar-refractivity contribution in [2.24, 2.45) is 5.73 Å². The predicted molar refractivity (Wildman–Crippen MR) is 70.0 cm³/mol. The molecule has 1 heterocycles. The molecule has 0 aliphatic heterocycles. The van der Waals surface area contributed by atoms with Gasteiger partial charge in [-0.15, -0.1) is 0 Å². The molecule has 0 fully saturated rings. The summed E-state index contributed by atoms with van der Waals surface area (Å²) in [6, 6.07) is 4.46. The molecule has 0 aromatic carbocycles. The predicted octanol–water partition coefficient (Wildman–Crippen LogP) is 0.513. The van der Waals surface area contributed by atoms with E-state index >= 15 is 0 Å². The van der Waals surface area contributed by atoms with Gasteiger partial charge in [0.15, 0.2) is 0 Å². The molecule has 92 valence electrons. The number of aromatic amines is 1. The highest BCUT2D eigenvalue weighted by Gasteiger charge is 2.16. The molecule has 1 aromatic heterocycles. The second-order valence-electron chi connectivity index (χ2n) is 3.62. The summed E-state index contributed by atoms with van der Waals surface area (Å²) in [5, 5.41) is 0. The highest BCUT2D eigenvalue weighted by molar-refractivity contribution is 7.80. The van der Waals surface area contributed by atoms with Crippen molar-refractivity contribution in [2.45, 2.75) is 13.3 Å². The Morgan fingerprint density at radius 3 is 2.76 bits per heavy atom. The lowest BCUT2D eigenvalue weighted by molar-refractivity contribution is 0.0774. The van der Waals surface area contributed by atoms with E-state index in [1.165, 1.54) is 17.0 Å². The maximum absolute atomic E-state index is 12.1. The zero-order valence-electron chi connectivity index (χ0n) is 9.60. The van der Waals surface area contributed by atoms with Crippen molar-refractivity contribution in [2.75, 3.05) is 13.1 Å². The van der Waals surface area contributed by atoms with E-state index in [0.29, 0.717) is 6.54 Å². The molecular weight excluding hydrogens is 238 g/mol. The Kier molecular flexibility index (Phi) is 4.84. The lowest BCUT2D eigenvalue weighted by Crippen LogP contribution is -2.39. The van der Waals surface area contributed by atoms with Crippen LogP contribution >= 0.6 is 12.2 Å². The molecule has 0 saturated carbocycles. The van der Waals surface area contributed by atoms with E-state index in [0.717, 1.165) is 6.42 Å². The van der Waals surface area contributed by atoms with Crippen molar-refractivity contribution in [1.29, 1.82) is 0 Å². The molecule has 0 atom stereocenters. The van der Waals surface area contributed by atoms with Crippen molar-refractivity contribution in [3.63, 3.8) is 0 Å². The van der Waals surface area contributed by atoms with E-state index in [1.807, 2.05) is 6.92 Å².